The highest BCUT2D eigenvalue weighted by molar-refractivity contribution is 8.18. The Morgan fingerprint density at radius 2 is 2.20 bits per heavy atom. The summed E-state index contributed by atoms with van der Waals surface area (Å²) >= 11 is 2.99. The first-order valence-electron chi connectivity index (χ1n) is 6.09. The second-order valence-corrected chi connectivity index (χ2v) is 6.19. The van der Waals surface area contributed by atoms with Crippen LogP contribution in [0.2, 0.25) is 0 Å². The number of thioether (sulfide) groups is 1. The summed E-state index contributed by atoms with van der Waals surface area (Å²) in [7, 11) is 0. The third kappa shape index (κ3) is 3.00. The molecular formula is C15H12N2OS2. The molecule has 1 saturated heterocycles. The summed E-state index contributed by atoms with van der Waals surface area (Å²) in [5, 5.41) is 7.42. The maximum atomic E-state index is 11.9. The number of hydrogen-bond acceptors (Lipinski definition) is 4. The van der Waals surface area contributed by atoms with E-state index in [2.05, 4.69) is 10.3 Å². The number of carbonyl (C=O) groups excluding carboxylic acids is 1. The van der Waals surface area contributed by atoms with Gasteiger partial charge in [-0.1, -0.05) is 12.1 Å². The normalized spacial score (nSPS) is 18.8. The average Bonchev–Trinajstić information content (AvgIpc) is 3.01. The number of hydrogen-bond donors (Lipinski definition) is 1. The minimum atomic E-state index is -0.0902. The Labute approximate surface area is 125 Å². The monoisotopic (exact) mass is 300 g/mol. The molecule has 0 aliphatic carbocycles. The number of nitrogens with one attached hydrogen (secondary N) is 1. The highest BCUT2D eigenvalue weighted by atomic mass is 32.2. The summed E-state index contributed by atoms with van der Waals surface area (Å²) in [5.41, 5.74) is 3.05. The van der Waals surface area contributed by atoms with Crippen LogP contribution in [0.5, 0.6) is 0 Å². The van der Waals surface area contributed by atoms with Crippen molar-refractivity contribution in [2.24, 2.45) is 4.99 Å². The lowest BCUT2D eigenvalue weighted by molar-refractivity contribution is -0.115. The molecule has 5 heteroatoms. The highest BCUT2D eigenvalue weighted by Crippen LogP contribution is 2.28. The maximum Gasteiger partial charge on any atom is 0.264 e. The lowest BCUT2D eigenvalue weighted by Gasteiger charge is -1.97. The number of aryl methyl sites for hydroxylation is 1. The van der Waals surface area contributed by atoms with Gasteiger partial charge in [0.1, 0.15) is 0 Å². The van der Waals surface area contributed by atoms with E-state index in [0.29, 0.717) is 10.1 Å². The van der Waals surface area contributed by atoms with Crippen molar-refractivity contribution >= 4 is 45.9 Å². The molecule has 2 heterocycles. The molecular weight excluding hydrogens is 288 g/mol. The van der Waals surface area contributed by atoms with Gasteiger partial charge in [-0.3, -0.25) is 4.79 Å². The molecule has 1 aliphatic rings. The Morgan fingerprint density at radius 1 is 1.30 bits per heavy atom. The Kier molecular flexibility index (Phi) is 3.71. The summed E-state index contributed by atoms with van der Waals surface area (Å²) in [6.45, 7) is 2.02. The first-order chi connectivity index (χ1) is 9.70. The third-order valence-corrected chi connectivity index (χ3v) is 4.34. The quantitative estimate of drug-likeness (QED) is 0.853. The lowest BCUT2D eigenvalue weighted by Crippen LogP contribution is -2.19. The Morgan fingerprint density at radius 3 is 2.95 bits per heavy atom. The van der Waals surface area contributed by atoms with E-state index in [1.54, 1.807) is 11.3 Å². The fraction of sp³-hybridized carbons (Fsp3) is 0.0667. The summed E-state index contributed by atoms with van der Waals surface area (Å²) in [6.07, 6.45) is 1.88. The maximum absolute atomic E-state index is 11.9. The molecule has 0 saturated carbocycles. The molecule has 0 unspecified atom stereocenters. The number of amidine groups is 1. The number of carbonyl (C=O) groups is 1. The van der Waals surface area contributed by atoms with Gasteiger partial charge < -0.3 is 5.32 Å². The molecule has 1 N–H and O–H groups in total. The molecule has 0 spiro atoms. The average molecular weight is 300 g/mol. The van der Waals surface area contributed by atoms with Crippen LogP contribution in [0.25, 0.3) is 6.08 Å². The zero-order chi connectivity index (χ0) is 13.9. The van der Waals surface area contributed by atoms with Crippen LogP contribution in [0.15, 0.2) is 51.0 Å². The van der Waals surface area contributed by atoms with Crippen molar-refractivity contribution in [2.45, 2.75) is 6.92 Å². The fourth-order valence-electron chi connectivity index (χ4n) is 1.80. The number of nitrogens with zero attached hydrogens (tertiary/aromatic N) is 1. The highest BCUT2D eigenvalue weighted by Gasteiger charge is 2.23. The first-order valence-corrected chi connectivity index (χ1v) is 7.85. The summed E-state index contributed by atoms with van der Waals surface area (Å²) < 4.78 is 0. The van der Waals surface area contributed by atoms with E-state index in [0.717, 1.165) is 16.8 Å². The van der Waals surface area contributed by atoms with E-state index in [-0.39, 0.29) is 5.91 Å². The van der Waals surface area contributed by atoms with Crippen molar-refractivity contribution in [1.82, 2.24) is 5.32 Å². The van der Waals surface area contributed by atoms with Crippen LogP contribution in [0, 0.1) is 6.92 Å². The number of amides is 1. The predicted octanol–water partition coefficient (Wildman–Crippen LogP) is 3.95. The van der Waals surface area contributed by atoms with Crippen molar-refractivity contribution in [3.8, 4) is 0 Å². The van der Waals surface area contributed by atoms with Gasteiger partial charge in [-0.25, -0.2) is 4.99 Å². The summed E-state index contributed by atoms with van der Waals surface area (Å²) in [6, 6.07) is 9.87. The van der Waals surface area contributed by atoms with E-state index in [4.69, 9.17) is 0 Å². The van der Waals surface area contributed by atoms with Crippen LogP contribution in [0.1, 0.15) is 11.1 Å². The van der Waals surface area contributed by atoms with Crippen LogP contribution in [-0.2, 0) is 4.79 Å². The minimum Gasteiger partial charge on any atom is -0.300 e. The molecule has 1 aromatic heterocycles. The van der Waals surface area contributed by atoms with Crippen LogP contribution >= 0.6 is 23.1 Å². The number of rotatable bonds is 2. The van der Waals surface area contributed by atoms with Crippen molar-refractivity contribution in [1.29, 1.82) is 0 Å². The van der Waals surface area contributed by atoms with Crippen LogP contribution < -0.4 is 5.32 Å². The standard InChI is InChI=1S/C15H12N2OS2/c1-10-3-2-4-12(7-10)16-15-17-14(18)13(20-15)8-11-5-6-19-9-11/h2-9H,1H3,(H,16,17,18)/b13-8+. The molecule has 1 fully saturated rings. The van der Waals surface area contributed by atoms with Gasteiger partial charge in [0.25, 0.3) is 5.91 Å². The first kappa shape index (κ1) is 13.1. The van der Waals surface area contributed by atoms with E-state index in [1.165, 1.54) is 11.8 Å². The number of benzene rings is 1. The second-order valence-electron chi connectivity index (χ2n) is 4.38. The molecule has 2 aromatic rings. The number of aliphatic imine (C=N–C) groups is 1. The predicted molar refractivity (Wildman–Crippen MR) is 86.3 cm³/mol. The molecule has 0 bridgehead atoms. The molecule has 0 radical (unpaired) electrons. The van der Waals surface area contributed by atoms with Crippen molar-refractivity contribution in [3.63, 3.8) is 0 Å². The lowest BCUT2D eigenvalue weighted by atomic mass is 10.2. The SMILES string of the molecule is Cc1cccc(N=C2NC(=O)/C(=C\c3ccsc3)S2)c1. The summed E-state index contributed by atoms with van der Waals surface area (Å²) in [4.78, 5) is 17.0. The Hall–Kier alpha value is -1.85. The topological polar surface area (TPSA) is 41.5 Å². The van der Waals surface area contributed by atoms with Crippen LogP contribution in [0.4, 0.5) is 5.69 Å². The largest absolute Gasteiger partial charge is 0.300 e. The zero-order valence-corrected chi connectivity index (χ0v) is 12.4. The number of thiophene rings is 1. The van der Waals surface area contributed by atoms with Crippen molar-refractivity contribution in [2.75, 3.05) is 0 Å². The van der Waals surface area contributed by atoms with E-state index in [1.807, 2.05) is 54.1 Å². The van der Waals surface area contributed by atoms with E-state index in [9.17, 15) is 4.79 Å². The van der Waals surface area contributed by atoms with Crippen LogP contribution in [0.3, 0.4) is 0 Å². The van der Waals surface area contributed by atoms with Gasteiger partial charge in [0.15, 0.2) is 5.17 Å². The van der Waals surface area contributed by atoms with Gasteiger partial charge in [0.05, 0.1) is 10.6 Å². The van der Waals surface area contributed by atoms with E-state index >= 15 is 0 Å². The van der Waals surface area contributed by atoms with Gasteiger partial charge in [-0.15, -0.1) is 0 Å². The van der Waals surface area contributed by atoms with Crippen molar-refractivity contribution in [3.05, 3.63) is 57.1 Å². The second kappa shape index (κ2) is 5.64. The molecule has 3 rings (SSSR count). The molecule has 0 atom stereocenters. The van der Waals surface area contributed by atoms with Gasteiger partial charge >= 0.3 is 0 Å². The zero-order valence-electron chi connectivity index (χ0n) is 10.8. The molecule has 3 nitrogen and oxygen atoms in total. The van der Waals surface area contributed by atoms with Gasteiger partial charge in [0.2, 0.25) is 0 Å². The Balaban J connectivity index is 1.83. The molecule has 20 heavy (non-hydrogen) atoms. The minimum absolute atomic E-state index is 0.0902. The summed E-state index contributed by atoms with van der Waals surface area (Å²) in [5.74, 6) is -0.0902. The third-order valence-electron chi connectivity index (χ3n) is 2.72. The van der Waals surface area contributed by atoms with Crippen molar-refractivity contribution < 1.29 is 4.79 Å². The molecule has 1 aliphatic heterocycles. The van der Waals surface area contributed by atoms with E-state index < -0.39 is 0 Å². The Bertz CT molecular complexity index is 702. The molecule has 1 amide bonds. The smallest absolute Gasteiger partial charge is 0.264 e. The van der Waals surface area contributed by atoms with Gasteiger partial charge in [-0.2, -0.15) is 11.3 Å². The van der Waals surface area contributed by atoms with Gasteiger partial charge in [-0.05, 0) is 64.8 Å². The van der Waals surface area contributed by atoms with Crippen LogP contribution in [-0.4, -0.2) is 11.1 Å². The molecule has 100 valence electrons. The van der Waals surface area contributed by atoms with Gasteiger partial charge in [0, 0.05) is 0 Å². The molecule has 1 aromatic carbocycles. The fourth-order valence-corrected chi connectivity index (χ4v) is 3.26.